The number of nitriles is 1. The highest BCUT2D eigenvalue weighted by Crippen LogP contribution is 2.25. The molecule has 1 aromatic heterocycles. The molecule has 0 spiro atoms. The normalized spacial score (nSPS) is 13.0. The maximum Gasteiger partial charge on any atom is 0.332 e. The number of benzene rings is 1. The van der Waals surface area contributed by atoms with Gasteiger partial charge in [0, 0.05) is 11.8 Å². The molecule has 0 aliphatic carbocycles. The topological polar surface area (TPSA) is 75.9 Å². The molecule has 5 heteroatoms. The molecule has 0 N–H and O–H groups in total. The highest BCUT2D eigenvalue weighted by atomic mass is 16.5. The van der Waals surface area contributed by atoms with Crippen molar-refractivity contribution in [1.29, 1.82) is 5.26 Å². The number of carbonyl (C=O) groups excluding carboxylic acids is 1. The molecule has 1 heterocycles. The highest BCUT2D eigenvalue weighted by Gasteiger charge is 2.39. The second-order valence-corrected chi connectivity index (χ2v) is 4.59. The van der Waals surface area contributed by atoms with Gasteiger partial charge in [-0.15, -0.1) is 0 Å². The third-order valence-corrected chi connectivity index (χ3v) is 3.11. The molecule has 0 fully saturated rings. The fourth-order valence-corrected chi connectivity index (χ4v) is 1.85. The van der Waals surface area contributed by atoms with Gasteiger partial charge in [-0.2, -0.15) is 5.26 Å². The Morgan fingerprint density at radius 2 is 2.05 bits per heavy atom. The van der Waals surface area contributed by atoms with Gasteiger partial charge in [0.25, 0.3) is 0 Å². The maximum absolute atomic E-state index is 12.0. The lowest BCUT2D eigenvalue weighted by atomic mass is 9.88. The first-order valence-corrected chi connectivity index (χ1v) is 6.59. The second kappa shape index (κ2) is 6.14. The third-order valence-electron chi connectivity index (χ3n) is 3.11. The van der Waals surface area contributed by atoms with Gasteiger partial charge in [-0.05, 0) is 19.9 Å². The summed E-state index contributed by atoms with van der Waals surface area (Å²) in [5.74, 6) is -0.135. The Balaban J connectivity index is 2.45. The van der Waals surface area contributed by atoms with E-state index in [1.165, 1.54) is 6.92 Å². The number of esters is 1. The van der Waals surface area contributed by atoms with Crippen molar-refractivity contribution in [2.24, 2.45) is 0 Å². The summed E-state index contributed by atoms with van der Waals surface area (Å²) in [5.41, 5.74) is -0.288. The summed E-state index contributed by atoms with van der Waals surface area (Å²) in [6.45, 7) is 3.42. The minimum atomic E-state index is -1.44. The highest BCUT2D eigenvalue weighted by molar-refractivity contribution is 5.85. The summed E-state index contributed by atoms with van der Waals surface area (Å²) >= 11 is 0. The van der Waals surface area contributed by atoms with Crippen LogP contribution in [-0.4, -0.2) is 22.5 Å². The predicted molar refractivity (Wildman–Crippen MR) is 77.1 cm³/mol. The number of rotatable bonds is 4. The molecule has 0 saturated heterocycles. The fraction of sp³-hybridized carbons (Fsp3) is 0.250. The van der Waals surface area contributed by atoms with Crippen LogP contribution in [0.1, 0.15) is 19.5 Å². The molecule has 21 heavy (non-hydrogen) atoms. The molecule has 2 rings (SSSR count). The molecule has 0 radical (unpaired) electrons. The number of hydrogen-bond donors (Lipinski definition) is 0. The summed E-state index contributed by atoms with van der Waals surface area (Å²) in [5, 5.41) is 9.39. The molecule has 1 aromatic carbocycles. The van der Waals surface area contributed by atoms with Crippen LogP contribution in [0.3, 0.4) is 0 Å². The smallest absolute Gasteiger partial charge is 0.332 e. The van der Waals surface area contributed by atoms with Gasteiger partial charge >= 0.3 is 5.97 Å². The minimum absolute atomic E-state index is 0.215. The van der Waals surface area contributed by atoms with Crippen LogP contribution in [0.5, 0.6) is 0 Å². The van der Waals surface area contributed by atoms with E-state index in [4.69, 9.17) is 4.74 Å². The molecule has 0 aliphatic rings. The molecule has 106 valence electrons. The van der Waals surface area contributed by atoms with Crippen LogP contribution in [0.25, 0.3) is 11.4 Å². The van der Waals surface area contributed by atoms with Crippen molar-refractivity contribution in [3.8, 4) is 17.5 Å². The van der Waals surface area contributed by atoms with Crippen molar-refractivity contribution >= 4 is 5.97 Å². The Kier molecular flexibility index (Phi) is 4.29. The summed E-state index contributed by atoms with van der Waals surface area (Å²) in [4.78, 5) is 20.6. The number of ether oxygens (including phenoxy) is 1. The zero-order valence-corrected chi connectivity index (χ0v) is 11.9. The van der Waals surface area contributed by atoms with Crippen molar-refractivity contribution in [3.63, 3.8) is 0 Å². The number of aromatic nitrogens is 2. The quantitative estimate of drug-likeness (QED) is 0.805. The van der Waals surface area contributed by atoms with E-state index in [1.807, 2.05) is 36.4 Å². The van der Waals surface area contributed by atoms with Gasteiger partial charge in [-0.1, -0.05) is 30.3 Å². The standard InChI is InChI=1S/C16H15N3O2/c1-3-21-15(20)16(2,11-17)13-9-10-18-14(19-13)12-7-5-4-6-8-12/h4-10H,3H2,1-2H3. The van der Waals surface area contributed by atoms with Gasteiger partial charge in [-0.3, -0.25) is 0 Å². The van der Waals surface area contributed by atoms with Gasteiger partial charge in [-0.25, -0.2) is 14.8 Å². The van der Waals surface area contributed by atoms with Crippen LogP contribution in [0.4, 0.5) is 0 Å². The SMILES string of the molecule is CCOC(=O)C(C)(C#N)c1ccnc(-c2ccccc2)n1. The van der Waals surface area contributed by atoms with Crippen molar-refractivity contribution in [1.82, 2.24) is 9.97 Å². The van der Waals surface area contributed by atoms with Gasteiger partial charge in [0.2, 0.25) is 0 Å². The Morgan fingerprint density at radius 3 is 2.67 bits per heavy atom. The van der Waals surface area contributed by atoms with Gasteiger partial charge < -0.3 is 4.74 Å². The van der Waals surface area contributed by atoms with E-state index in [2.05, 4.69) is 9.97 Å². The summed E-state index contributed by atoms with van der Waals surface area (Å²) in [6.07, 6.45) is 1.54. The first kappa shape index (κ1) is 14.7. The lowest BCUT2D eigenvalue weighted by Gasteiger charge is -2.19. The van der Waals surface area contributed by atoms with Gasteiger partial charge in [0.05, 0.1) is 18.4 Å². The molecule has 2 aromatic rings. The molecular weight excluding hydrogens is 266 g/mol. The molecular formula is C16H15N3O2. The lowest BCUT2D eigenvalue weighted by Crippen LogP contribution is -2.34. The number of hydrogen-bond acceptors (Lipinski definition) is 5. The summed E-state index contributed by atoms with van der Waals surface area (Å²) in [7, 11) is 0. The third kappa shape index (κ3) is 2.90. The monoisotopic (exact) mass is 281 g/mol. The summed E-state index contributed by atoms with van der Waals surface area (Å²) < 4.78 is 4.98. The average Bonchev–Trinajstić information content (AvgIpc) is 2.55. The van der Waals surface area contributed by atoms with Crippen molar-refractivity contribution in [3.05, 3.63) is 48.3 Å². The largest absolute Gasteiger partial charge is 0.465 e. The zero-order valence-electron chi connectivity index (χ0n) is 11.9. The Bertz CT molecular complexity index is 679. The maximum atomic E-state index is 12.0. The van der Waals surface area contributed by atoms with Crippen LogP contribution in [-0.2, 0) is 14.9 Å². The lowest BCUT2D eigenvalue weighted by molar-refractivity contribution is -0.147. The Hall–Kier alpha value is -2.74. The van der Waals surface area contributed by atoms with E-state index < -0.39 is 11.4 Å². The van der Waals surface area contributed by atoms with Crippen molar-refractivity contribution in [2.45, 2.75) is 19.3 Å². The minimum Gasteiger partial charge on any atom is -0.465 e. The van der Waals surface area contributed by atoms with Crippen LogP contribution in [0.2, 0.25) is 0 Å². The van der Waals surface area contributed by atoms with E-state index in [0.717, 1.165) is 5.56 Å². The van der Waals surface area contributed by atoms with Crippen molar-refractivity contribution < 1.29 is 9.53 Å². The van der Waals surface area contributed by atoms with Crippen LogP contribution in [0, 0.1) is 11.3 Å². The molecule has 1 unspecified atom stereocenters. The van der Waals surface area contributed by atoms with Crippen LogP contribution in [0.15, 0.2) is 42.6 Å². The van der Waals surface area contributed by atoms with Gasteiger partial charge in [0.15, 0.2) is 11.2 Å². The molecule has 5 nitrogen and oxygen atoms in total. The first-order chi connectivity index (χ1) is 10.1. The average molecular weight is 281 g/mol. The summed E-state index contributed by atoms with van der Waals surface area (Å²) in [6, 6.07) is 12.9. The molecule has 1 atom stereocenters. The van der Waals surface area contributed by atoms with E-state index in [-0.39, 0.29) is 6.61 Å². The van der Waals surface area contributed by atoms with Crippen LogP contribution >= 0.6 is 0 Å². The van der Waals surface area contributed by atoms with E-state index in [9.17, 15) is 10.1 Å². The number of nitrogens with zero attached hydrogens (tertiary/aromatic N) is 3. The Labute approximate surface area is 123 Å². The van der Waals surface area contributed by atoms with E-state index in [1.54, 1.807) is 19.2 Å². The zero-order chi connectivity index (χ0) is 15.3. The van der Waals surface area contributed by atoms with Crippen molar-refractivity contribution in [2.75, 3.05) is 6.61 Å². The van der Waals surface area contributed by atoms with Crippen LogP contribution < -0.4 is 0 Å². The fourth-order valence-electron chi connectivity index (χ4n) is 1.85. The predicted octanol–water partition coefficient (Wildman–Crippen LogP) is 2.49. The Morgan fingerprint density at radius 1 is 1.33 bits per heavy atom. The molecule has 0 saturated carbocycles. The molecule has 0 aliphatic heterocycles. The van der Waals surface area contributed by atoms with Gasteiger partial charge in [0.1, 0.15) is 0 Å². The van der Waals surface area contributed by atoms with E-state index in [0.29, 0.717) is 11.5 Å². The second-order valence-electron chi connectivity index (χ2n) is 4.59. The number of carbonyl (C=O) groups is 1. The molecule has 0 amide bonds. The van der Waals surface area contributed by atoms with E-state index >= 15 is 0 Å². The first-order valence-electron chi connectivity index (χ1n) is 6.59. The molecule has 0 bridgehead atoms.